The Hall–Kier alpha value is -4.22. The van der Waals surface area contributed by atoms with E-state index in [2.05, 4.69) is 16.4 Å². The van der Waals surface area contributed by atoms with Crippen molar-refractivity contribution in [2.45, 2.75) is 29.8 Å². The Labute approximate surface area is 227 Å². The zero-order chi connectivity index (χ0) is 27.0. The molecule has 1 aliphatic carbocycles. The van der Waals surface area contributed by atoms with Crippen LogP contribution in [0.2, 0.25) is 0 Å². The molecule has 2 heterocycles. The smallest absolute Gasteiger partial charge is 0.177 e. The molecule has 1 fully saturated rings. The van der Waals surface area contributed by atoms with Gasteiger partial charge >= 0.3 is 0 Å². The number of aromatic nitrogens is 1. The largest absolute Gasteiger partial charge is 0.495 e. The number of methoxy groups -OCH3 is 1. The fraction of sp³-hybridized carbons (Fsp3) is 0.250. The van der Waals surface area contributed by atoms with E-state index >= 15 is 0 Å². The highest BCUT2D eigenvalue weighted by Gasteiger charge is 2.76. The molecule has 4 aromatic rings. The average molecular weight is 520 g/mol. The Kier molecular flexibility index (Phi) is 6.32. The van der Waals surface area contributed by atoms with Gasteiger partial charge in [-0.15, -0.1) is 0 Å². The summed E-state index contributed by atoms with van der Waals surface area (Å²) in [6.45, 7) is 1.03. The third-order valence-electron chi connectivity index (χ3n) is 8.17. The lowest BCUT2D eigenvalue weighted by Crippen LogP contribution is -2.52. The van der Waals surface area contributed by atoms with E-state index in [0.29, 0.717) is 41.3 Å². The molecule has 39 heavy (non-hydrogen) atoms. The Morgan fingerprint density at radius 1 is 1.00 bits per heavy atom. The number of nitrogens with zero attached hydrogens (tertiary/aromatic N) is 2. The van der Waals surface area contributed by atoms with Crippen molar-refractivity contribution in [2.24, 2.45) is 5.92 Å². The zero-order valence-corrected chi connectivity index (χ0v) is 21.5. The molecule has 0 amide bonds. The van der Waals surface area contributed by atoms with E-state index in [1.807, 2.05) is 60.7 Å². The van der Waals surface area contributed by atoms with Crippen LogP contribution in [0.5, 0.6) is 11.5 Å². The monoisotopic (exact) mass is 519 g/mol. The minimum absolute atomic E-state index is 0.342. The predicted octanol–water partition coefficient (Wildman–Crippen LogP) is 4.00. The van der Waals surface area contributed by atoms with Gasteiger partial charge in [-0.05, 0) is 28.8 Å². The van der Waals surface area contributed by atoms with Crippen LogP contribution in [0.1, 0.15) is 33.7 Å². The molecule has 0 spiro atoms. The Balaban J connectivity index is 1.54. The highest BCUT2D eigenvalue weighted by molar-refractivity contribution is 5.59. The van der Waals surface area contributed by atoms with Gasteiger partial charge in [-0.1, -0.05) is 72.8 Å². The predicted molar refractivity (Wildman–Crippen MR) is 145 cm³/mol. The molecular weight excluding hydrogens is 490 g/mol. The number of benzene rings is 3. The lowest BCUT2D eigenvalue weighted by molar-refractivity contribution is -0.152. The van der Waals surface area contributed by atoms with Crippen LogP contribution in [0.25, 0.3) is 0 Å². The van der Waals surface area contributed by atoms with Crippen molar-refractivity contribution in [1.29, 1.82) is 5.26 Å². The number of aliphatic hydroxyl groups excluding tert-OH is 1. The van der Waals surface area contributed by atoms with E-state index in [1.54, 1.807) is 30.5 Å². The zero-order valence-electron chi connectivity index (χ0n) is 21.5. The van der Waals surface area contributed by atoms with Gasteiger partial charge in [-0.25, -0.2) is 0 Å². The van der Waals surface area contributed by atoms with Crippen molar-refractivity contribution < 1.29 is 19.7 Å². The van der Waals surface area contributed by atoms with Gasteiger partial charge in [0.15, 0.2) is 11.2 Å². The molecule has 0 saturated heterocycles. The molecule has 196 valence electrons. The van der Waals surface area contributed by atoms with Crippen molar-refractivity contribution in [3.8, 4) is 17.6 Å². The summed E-state index contributed by atoms with van der Waals surface area (Å²) in [5.74, 6) is -0.207. The maximum Gasteiger partial charge on any atom is 0.177 e. The molecule has 1 aromatic heterocycles. The number of rotatable bonds is 7. The van der Waals surface area contributed by atoms with Crippen molar-refractivity contribution in [2.75, 3.05) is 13.7 Å². The molecule has 7 heteroatoms. The summed E-state index contributed by atoms with van der Waals surface area (Å²) in [5.41, 5.74) is 0.275. The lowest BCUT2D eigenvalue weighted by Gasteiger charge is -2.41. The van der Waals surface area contributed by atoms with Crippen LogP contribution in [0.3, 0.4) is 0 Å². The third-order valence-corrected chi connectivity index (χ3v) is 8.17. The number of nitriles is 1. The molecule has 6 rings (SSSR count). The Bertz CT molecular complexity index is 1510. The molecule has 1 aliphatic heterocycles. The topological polar surface area (TPSA) is 108 Å². The van der Waals surface area contributed by atoms with Crippen LogP contribution in [0.15, 0.2) is 97.3 Å². The standard InChI is InChI=1S/C32H29N3O4/c1-38-26-19-35-20-27-29(26)31(37)30(36)25(18-34-17-22-8-4-2-5-9-22)28(23-10-6-3-7-11-23)32(31,39-27)24-14-12-21(16-33)13-15-24/h2-15,19-20,25,28,30,34,36-37H,17-18H2,1H3/t25-,28-,30-,31+,32?/m1/s1. The van der Waals surface area contributed by atoms with E-state index in [1.165, 1.54) is 13.3 Å². The molecule has 3 N–H and O–H groups in total. The summed E-state index contributed by atoms with van der Waals surface area (Å²) in [5, 5.41) is 37.9. The highest BCUT2D eigenvalue weighted by atomic mass is 16.5. The number of aliphatic hydroxyl groups is 2. The first kappa shape index (κ1) is 25.1. The summed E-state index contributed by atoms with van der Waals surface area (Å²) in [7, 11) is 1.51. The third kappa shape index (κ3) is 3.72. The number of fused-ring (bicyclic) bond motifs is 3. The second kappa shape index (κ2) is 9.83. The fourth-order valence-corrected chi connectivity index (χ4v) is 6.53. The molecule has 1 unspecified atom stereocenters. The van der Waals surface area contributed by atoms with E-state index < -0.39 is 29.1 Å². The van der Waals surface area contributed by atoms with Gasteiger partial charge in [0, 0.05) is 24.9 Å². The van der Waals surface area contributed by atoms with Crippen LogP contribution in [0.4, 0.5) is 0 Å². The van der Waals surface area contributed by atoms with Crippen LogP contribution in [0, 0.1) is 17.2 Å². The molecule has 1 saturated carbocycles. The van der Waals surface area contributed by atoms with Gasteiger partial charge in [-0.3, -0.25) is 4.98 Å². The number of pyridine rings is 1. The summed E-state index contributed by atoms with van der Waals surface area (Å²) in [6, 6.07) is 29.1. The normalized spacial score (nSPS) is 26.8. The SMILES string of the molecule is COc1cncc2c1[C@]1(O)[C@H](O)[C@H](CNCc3ccccc3)[C@@H](c3ccccc3)C1(c1ccc(C#N)cc1)O2. The van der Waals surface area contributed by atoms with Crippen LogP contribution < -0.4 is 14.8 Å². The summed E-state index contributed by atoms with van der Waals surface area (Å²) < 4.78 is 12.4. The van der Waals surface area contributed by atoms with E-state index in [-0.39, 0.29) is 0 Å². The van der Waals surface area contributed by atoms with Gasteiger partial charge in [0.05, 0.1) is 42.8 Å². The van der Waals surface area contributed by atoms with Crippen molar-refractivity contribution in [3.05, 3.63) is 125 Å². The molecule has 0 radical (unpaired) electrons. The first-order chi connectivity index (χ1) is 19.0. The van der Waals surface area contributed by atoms with Crippen LogP contribution in [-0.2, 0) is 17.7 Å². The fourth-order valence-electron chi connectivity index (χ4n) is 6.53. The maximum absolute atomic E-state index is 12.8. The molecule has 0 bridgehead atoms. The van der Waals surface area contributed by atoms with E-state index in [4.69, 9.17) is 9.47 Å². The van der Waals surface area contributed by atoms with E-state index in [0.717, 1.165) is 11.1 Å². The number of hydrogen-bond donors (Lipinski definition) is 3. The molecule has 3 aromatic carbocycles. The first-order valence-electron chi connectivity index (χ1n) is 13.0. The lowest BCUT2D eigenvalue weighted by atomic mass is 9.70. The molecular formula is C32H29N3O4. The summed E-state index contributed by atoms with van der Waals surface area (Å²) >= 11 is 0. The minimum atomic E-state index is -1.87. The molecule has 2 aliphatic rings. The van der Waals surface area contributed by atoms with Crippen molar-refractivity contribution in [1.82, 2.24) is 10.3 Å². The van der Waals surface area contributed by atoms with Crippen molar-refractivity contribution >= 4 is 0 Å². The van der Waals surface area contributed by atoms with E-state index in [9.17, 15) is 15.5 Å². The maximum atomic E-state index is 12.8. The minimum Gasteiger partial charge on any atom is -0.495 e. The van der Waals surface area contributed by atoms with Gasteiger partial charge in [0.1, 0.15) is 11.5 Å². The van der Waals surface area contributed by atoms with Crippen molar-refractivity contribution in [3.63, 3.8) is 0 Å². The molecule has 7 nitrogen and oxygen atoms in total. The Morgan fingerprint density at radius 3 is 2.36 bits per heavy atom. The second-order valence-corrected chi connectivity index (χ2v) is 10.1. The summed E-state index contributed by atoms with van der Waals surface area (Å²) in [6.07, 6.45) is 1.86. The van der Waals surface area contributed by atoms with Crippen LogP contribution in [-0.4, -0.2) is 35.0 Å². The number of nitrogens with one attached hydrogen (secondary N) is 1. The highest BCUT2D eigenvalue weighted by Crippen LogP contribution is 2.69. The molecule has 5 atom stereocenters. The van der Waals surface area contributed by atoms with Gasteiger partial charge < -0.3 is 25.0 Å². The van der Waals surface area contributed by atoms with Gasteiger partial charge in [0.25, 0.3) is 0 Å². The number of ether oxygens (including phenoxy) is 2. The first-order valence-corrected chi connectivity index (χ1v) is 13.0. The van der Waals surface area contributed by atoms with Crippen LogP contribution >= 0.6 is 0 Å². The van der Waals surface area contributed by atoms with Gasteiger partial charge in [-0.2, -0.15) is 5.26 Å². The summed E-state index contributed by atoms with van der Waals surface area (Å²) in [4.78, 5) is 4.26. The second-order valence-electron chi connectivity index (χ2n) is 10.1. The Morgan fingerprint density at radius 2 is 1.69 bits per heavy atom. The average Bonchev–Trinajstić information content (AvgIpc) is 3.36. The number of hydrogen-bond acceptors (Lipinski definition) is 7. The quantitative estimate of drug-likeness (QED) is 0.339. The van der Waals surface area contributed by atoms with Gasteiger partial charge in [0.2, 0.25) is 0 Å².